The number of thioether (sulfide) groups is 1. The molecule has 28 heavy (non-hydrogen) atoms. The van der Waals surface area contributed by atoms with Gasteiger partial charge in [0.05, 0.1) is 11.1 Å². The second-order valence-electron chi connectivity index (χ2n) is 6.72. The van der Waals surface area contributed by atoms with E-state index < -0.39 is 0 Å². The number of aromatic nitrogens is 2. The van der Waals surface area contributed by atoms with Gasteiger partial charge in [-0.3, -0.25) is 9.36 Å². The smallest absolute Gasteiger partial charge is 0.267 e. The average Bonchev–Trinajstić information content (AvgIpc) is 3.12. The first-order chi connectivity index (χ1) is 13.8. The molecular weight excluding hydrogens is 384 g/mol. The molecule has 4 aromatic rings. The number of benzene rings is 2. The van der Waals surface area contributed by atoms with E-state index in [-0.39, 0.29) is 5.56 Å². The van der Waals surface area contributed by atoms with Crippen LogP contribution < -0.4 is 5.56 Å². The monoisotopic (exact) mass is 402 g/mol. The van der Waals surface area contributed by atoms with Crippen LogP contribution in [-0.4, -0.2) is 15.3 Å². The summed E-state index contributed by atoms with van der Waals surface area (Å²) in [6, 6.07) is 18.3. The molecule has 0 aliphatic heterocycles. The fourth-order valence-electron chi connectivity index (χ4n) is 3.80. The van der Waals surface area contributed by atoms with E-state index in [1.54, 1.807) is 27.7 Å². The van der Waals surface area contributed by atoms with Gasteiger partial charge in [-0.05, 0) is 41.7 Å². The Labute approximate surface area is 171 Å². The molecule has 5 rings (SSSR count). The summed E-state index contributed by atoms with van der Waals surface area (Å²) in [5.41, 5.74) is 4.63. The van der Waals surface area contributed by atoms with Gasteiger partial charge in [0.25, 0.3) is 5.56 Å². The predicted octanol–water partition coefficient (Wildman–Crippen LogP) is 5.49. The summed E-state index contributed by atoms with van der Waals surface area (Å²) < 4.78 is 1.75. The Morgan fingerprint density at radius 2 is 1.89 bits per heavy atom. The third kappa shape index (κ3) is 2.74. The number of rotatable bonds is 4. The van der Waals surface area contributed by atoms with Crippen molar-refractivity contribution in [3.63, 3.8) is 0 Å². The van der Waals surface area contributed by atoms with Gasteiger partial charge in [-0.25, -0.2) is 4.98 Å². The van der Waals surface area contributed by atoms with E-state index in [0.29, 0.717) is 5.75 Å². The summed E-state index contributed by atoms with van der Waals surface area (Å²) in [4.78, 5) is 20.6. The van der Waals surface area contributed by atoms with Crippen molar-refractivity contribution in [1.82, 2.24) is 9.55 Å². The first-order valence-electron chi connectivity index (χ1n) is 9.23. The molecule has 2 heterocycles. The van der Waals surface area contributed by atoms with Gasteiger partial charge in [-0.2, -0.15) is 0 Å². The van der Waals surface area contributed by atoms with Crippen molar-refractivity contribution >= 4 is 33.3 Å². The van der Waals surface area contributed by atoms with Crippen molar-refractivity contribution in [3.8, 4) is 16.1 Å². The van der Waals surface area contributed by atoms with Crippen molar-refractivity contribution in [2.45, 2.75) is 18.0 Å². The molecular formula is C23H18N2OS2. The highest BCUT2D eigenvalue weighted by atomic mass is 32.2. The third-order valence-electron chi connectivity index (χ3n) is 5.04. The topological polar surface area (TPSA) is 34.9 Å². The van der Waals surface area contributed by atoms with Crippen LogP contribution in [0.1, 0.15) is 11.1 Å². The molecule has 0 fully saturated rings. The molecule has 0 unspecified atom stereocenters. The molecule has 1 aliphatic carbocycles. The van der Waals surface area contributed by atoms with Gasteiger partial charge < -0.3 is 0 Å². The minimum atomic E-state index is 0.0274. The quantitative estimate of drug-likeness (QED) is 0.257. The van der Waals surface area contributed by atoms with Crippen molar-refractivity contribution in [2.75, 3.05) is 5.75 Å². The van der Waals surface area contributed by atoms with Gasteiger partial charge in [0.1, 0.15) is 4.83 Å². The fourth-order valence-corrected chi connectivity index (χ4v) is 5.87. The summed E-state index contributed by atoms with van der Waals surface area (Å²) >= 11 is 3.19. The Bertz CT molecular complexity index is 1260. The van der Waals surface area contributed by atoms with Crippen LogP contribution in [0.25, 0.3) is 26.3 Å². The lowest BCUT2D eigenvalue weighted by molar-refractivity contribution is 0.821. The van der Waals surface area contributed by atoms with Crippen molar-refractivity contribution in [3.05, 3.63) is 88.7 Å². The van der Waals surface area contributed by atoms with E-state index in [0.717, 1.165) is 39.5 Å². The van der Waals surface area contributed by atoms with Crippen LogP contribution in [0, 0.1) is 0 Å². The lowest BCUT2D eigenvalue weighted by Gasteiger charge is -2.16. The van der Waals surface area contributed by atoms with E-state index in [1.165, 1.54) is 16.0 Å². The largest absolute Gasteiger partial charge is 0.268 e. The predicted molar refractivity (Wildman–Crippen MR) is 119 cm³/mol. The summed E-state index contributed by atoms with van der Waals surface area (Å²) in [6.07, 6.45) is 3.69. The Kier molecular flexibility index (Phi) is 4.41. The number of thiophene rings is 1. The van der Waals surface area contributed by atoms with E-state index in [4.69, 9.17) is 4.98 Å². The summed E-state index contributed by atoms with van der Waals surface area (Å²) in [5.74, 6) is 0.707. The molecule has 0 radical (unpaired) electrons. The van der Waals surface area contributed by atoms with Crippen LogP contribution in [0.5, 0.6) is 0 Å². The van der Waals surface area contributed by atoms with Crippen LogP contribution in [0.3, 0.4) is 0 Å². The molecule has 0 saturated carbocycles. The lowest BCUT2D eigenvalue weighted by Crippen LogP contribution is -2.22. The van der Waals surface area contributed by atoms with Crippen LogP contribution in [-0.2, 0) is 12.8 Å². The molecule has 0 amide bonds. The second kappa shape index (κ2) is 7.08. The molecule has 138 valence electrons. The van der Waals surface area contributed by atoms with Gasteiger partial charge in [0, 0.05) is 10.6 Å². The Morgan fingerprint density at radius 3 is 2.71 bits per heavy atom. The van der Waals surface area contributed by atoms with Crippen molar-refractivity contribution in [1.29, 1.82) is 0 Å². The zero-order chi connectivity index (χ0) is 19.1. The molecule has 0 bridgehead atoms. The average molecular weight is 403 g/mol. The molecule has 3 nitrogen and oxygen atoms in total. The number of hydrogen-bond acceptors (Lipinski definition) is 4. The van der Waals surface area contributed by atoms with Crippen LogP contribution >= 0.6 is 23.1 Å². The Hall–Kier alpha value is -2.63. The summed E-state index contributed by atoms with van der Waals surface area (Å²) in [6.45, 7) is 3.81. The first-order valence-corrected chi connectivity index (χ1v) is 11.0. The van der Waals surface area contributed by atoms with E-state index >= 15 is 0 Å². The number of fused-ring (bicyclic) bond motifs is 5. The van der Waals surface area contributed by atoms with Crippen LogP contribution in [0.2, 0.25) is 0 Å². The number of hydrogen-bond donors (Lipinski definition) is 0. The number of aryl methyl sites for hydroxylation is 2. The molecule has 0 N–H and O–H groups in total. The molecule has 2 aromatic carbocycles. The molecule has 1 aliphatic rings. The molecule has 2 aromatic heterocycles. The minimum Gasteiger partial charge on any atom is -0.268 e. The maximum Gasteiger partial charge on any atom is 0.267 e. The molecule has 0 atom stereocenters. The molecule has 0 saturated heterocycles. The van der Waals surface area contributed by atoms with Gasteiger partial charge in [-0.15, -0.1) is 17.9 Å². The lowest BCUT2D eigenvalue weighted by atomic mass is 9.90. The Morgan fingerprint density at radius 1 is 1.11 bits per heavy atom. The van der Waals surface area contributed by atoms with Gasteiger partial charge in [0.15, 0.2) is 5.16 Å². The van der Waals surface area contributed by atoms with Gasteiger partial charge in [-0.1, -0.05) is 60.3 Å². The van der Waals surface area contributed by atoms with Crippen molar-refractivity contribution in [2.24, 2.45) is 0 Å². The van der Waals surface area contributed by atoms with Crippen LogP contribution in [0.4, 0.5) is 0 Å². The number of para-hydroxylation sites is 1. The highest BCUT2D eigenvalue weighted by molar-refractivity contribution is 7.99. The highest BCUT2D eigenvalue weighted by Crippen LogP contribution is 2.42. The van der Waals surface area contributed by atoms with Gasteiger partial charge >= 0.3 is 0 Å². The number of nitrogens with zero attached hydrogens (tertiary/aromatic N) is 2. The SMILES string of the molecule is C=CCSc1nc2sc3c(c2c(=O)n1-c1ccccc1)CCc1ccccc1-3. The maximum atomic E-state index is 13.6. The zero-order valence-corrected chi connectivity index (χ0v) is 16.9. The van der Waals surface area contributed by atoms with E-state index in [9.17, 15) is 4.79 Å². The third-order valence-corrected chi connectivity index (χ3v) is 7.14. The van der Waals surface area contributed by atoms with Gasteiger partial charge in [0.2, 0.25) is 0 Å². The van der Waals surface area contributed by atoms with E-state index in [2.05, 4.69) is 30.8 Å². The van der Waals surface area contributed by atoms with E-state index in [1.807, 2.05) is 36.4 Å². The van der Waals surface area contributed by atoms with Crippen molar-refractivity contribution < 1.29 is 0 Å². The normalized spacial score (nSPS) is 12.6. The summed E-state index contributed by atoms with van der Waals surface area (Å²) in [7, 11) is 0. The Balaban J connectivity index is 1.82. The highest BCUT2D eigenvalue weighted by Gasteiger charge is 2.25. The van der Waals surface area contributed by atoms with Crippen LogP contribution in [0.15, 0.2) is 77.2 Å². The first kappa shape index (κ1) is 17.5. The zero-order valence-electron chi connectivity index (χ0n) is 15.2. The second-order valence-corrected chi connectivity index (χ2v) is 8.70. The standard InChI is InChI=1S/C23H18N2OS2/c1-2-14-27-23-24-21-19(22(26)25(23)16-9-4-3-5-10-16)18-13-12-15-8-6-7-11-17(15)20(18)28-21/h2-11H,1,12-14H2. The molecule has 0 spiro atoms. The molecule has 5 heteroatoms. The maximum absolute atomic E-state index is 13.6. The summed E-state index contributed by atoms with van der Waals surface area (Å²) in [5, 5.41) is 1.50. The fraction of sp³-hybridized carbons (Fsp3) is 0.130. The minimum absolute atomic E-state index is 0.0274.